The van der Waals surface area contributed by atoms with Crippen molar-refractivity contribution in [3.05, 3.63) is 41.6 Å². The number of rotatable bonds is 3. The Balaban J connectivity index is 2.63. The van der Waals surface area contributed by atoms with Crippen LogP contribution in [0.2, 0.25) is 0 Å². The molecule has 0 aromatic heterocycles. The van der Waals surface area contributed by atoms with Gasteiger partial charge in [0.15, 0.2) is 0 Å². The van der Waals surface area contributed by atoms with Crippen molar-refractivity contribution in [3.63, 3.8) is 0 Å². The van der Waals surface area contributed by atoms with Crippen LogP contribution in [0.5, 0.6) is 0 Å². The Kier molecular flexibility index (Phi) is 4.83. The number of benzene rings is 1. The van der Waals surface area contributed by atoms with Crippen molar-refractivity contribution in [3.8, 4) is 0 Å². The van der Waals surface area contributed by atoms with E-state index in [1.165, 1.54) is 6.07 Å². The SMILES string of the molecule is C/C(=C\NC(=O)Nc1ccc(F)cc1F)C(C)C. The zero-order valence-corrected chi connectivity index (χ0v) is 10.6. The molecule has 0 bridgehead atoms. The predicted octanol–water partition coefficient (Wildman–Crippen LogP) is 3.65. The maximum atomic E-state index is 13.2. The number of urea groups is 1. The maximum absolute atomic E-state index is 13.2. The molecule has 0 atom stereocenters. The molecular formula is C13H16F2N2O. The van der Waals surface area contributed by atoms with Crippen molar-refractivity contribution in [2.24, 2.45) is 5.92 Å². The van der Waals surface area contributed by atoms with Gasteiger partial charge in [0.05, 0.1) is 5.69 Å². The largest absolute Gasteiger partial charge is 0.323 e. The van der Waals surface area contributed by atoms with Crippen LogP contribution in [0, 0.1) is 17.6 Å². The molecule has 1 aromatic rings. The molecule has 0 radical (unpaired) electrons. The Bertz CT molecular complexity index is 470. The zero-order valence-electron chi connectivity index (χ0n) is 10.6. The van der Waals surface area contributed by atoms with Crippen LogP contribution >= 0.6 is 0 Å². The van der Waals surface area contributed by atoms with Crippen LogP contribution in [-0.4, -0.2) is 6.03 Å². The number of hydrogen-bond acceptors (Lipinski definition) is 1. The topological polar surface area (TPSA) is 41.1 Å². The summed E-state index contributed by atoms with van der Waals surface area (Å²) in [6, 6.07) is 2.39. The molecule has 18 heavy (non-hydrogen) atoms. The highest BCUT2D eigenvalue weighted by Gasteiger charge is 2.06. The molecule has 0 unspecified atom stereocenters. The minimum atomic E-state index is -0.810. The Morgan fingerprint density at radius 1 is 1.33 bits per heavy atom. The highest BCUT2D eigenvalue weighted by atomic mass is 19.1. The molecule has 0 aliphatic rings. The van der Waals surface area contributed by atoms with Gasteiger partial charge in [-0.2, -0.15) is 0 Å². The molecule has 0 saturated carbocycles. The number of hydrogen-bond donors (Lipinski definition) is 2. The number of halogens is 2. The van der Waals surface area contributed by atoms with E-state index in [4.69, 9.17) is 0 Å². The fraction of sp³-hybridized carbons (Fsp3) is 0.308. The van der Waals surface area contributed by atoms with Gasteiger partial charge in [-0.1, -0.05) is 19.4 Å². The van der Waals surface area contributed by atoms with E-state index in [-0.39, 0.29) is 5.69 Å². The second kappa shape index (κ2) is 6.14. The molecule has 3 nitrogen and oxygen atoms in total. The van der Waals surface area contributed by atoms with Crippen molar-refractivity contribution in [1.82, 2.24) is 5.32 Å². The molecule has 2 N–H and O–H groups in total. The average Bonchev–Trinajstić information content (AvgIpc) is 2.29. The summed E-state index contributed by atoms with van der Waals surface area (Å²) in [5, 5.41) is 4.78. The van der Waals surface area contributed by atoms with Gasteiger partial charge in [0.1, 0.15) is 11.6 Å². The lowest BCUT2D eigenvalue weighted by atomic mass is 10.1. The van der Waals surface area contributed by atoms with Crippen LogP contribution in [0.3, 0.4) is 0 Å². The van der Waals surface area contributed by atoms with Gasteiger partial charge in [-0.15, -0.1) is 0 Å². The molecule has 1 aromatic carbocycles. The summed E-state index contributed by atoms with van der Waals surface area (Å²) >= 11 is 0. The standard InChI is InChI=1S/C13H16F2N2O/c1-8(2)9(3)7-16-13(18)17-12-5-4-10(14)6-11(12)15/h4-8H,1-3H3,(H2,16,17,18)/b9-7+. The fourth-order valence-corrected chi connectivity index (χ4v) is 1.10. The number of amides is 2. The molecule has 0 saturated heterocycles. The summed E-state index contributed by atoms with van der Waals surface area (Å²) in [4.78, 5) is 11.4. The molecule has 5 heteroatoms. The Hall–Kier alpha value is -1.91. The van der Waals surface area contributed by atoms with Crippen molar-refractivity contribution in [2.75, 3.05) is 5.32 Å². The second-order valence-electron chi connectivity index (χ2n) is 4.27. The molecule has 0 spiro atoms. The van der Waals surface area contributed by atoms with Gasteiger partial charge in [-0.25, -0.2) is 13.6 Å². The van der Waals surface area contributed by atoms with E-state index < -0.39 is 17.7 Å². The van der Waals surface area contributed by atoms with Crippen molar-refractivity contribution < 1.29 is 13.6 Å². The lowest BCUT2D eigenvalue weighted by molar-refractivity contribution is 0.255. The Morgan fingerprint density at radius 3 is 2.56 bits per heavy atom. The highest BCUT2D eigenvalue weighted by Crippen LogP contribution is 2.14. The minimum Gasteiger partial charge on any atom is -0.314 e. The Labute approximate surface area is 105 Å². The van der Waals surface area contributed by atoms with Crippen LogP contribution in [0.25, 0.3) is 0 Å². The molecular weight excluding hydrogens is 238 g/mol. The average molecular weight is 254 g/mol. The monoisotopic (exact) mass is 254 g/mol. The number of anilines is 1. The van der Waals surface area contributed by atoms with E-state index in [0.717, 1.165) is 11.6 Å². The van der Waals surface area contributed by atoms with E-state index in [9.17, 15) is 13.6 Å². The number of allylic oxidation sites excluding steroid dienone is 1. The lowest BCUT2D eigenvalue weighted by Gasteiger charge is -2.08. The summed E-state index contributed by atoms with van der Waals surface area (Å²) in [5.74, 6) is -1.18. The molecule has 0 fully saturated rings. The van der Waals surface area contributed by atoms with Crippen LogP contribution in [0.1, 0.15) is 20.8 Å². The summed E-state index contributed by atoms with van der Waals surface area (Å²) < 4.78 is 25.9. The third-order valence-electron chi connectivity index (χ3n) is 2.52. The highest BCUT2D eigenvalue weighted by molar-refractivity contribution is 5.90. The van der Waals surface area contributed by atoms with Crippen LogP contribution < -0.4 is 10.6 Å². The predicted molar refractivity (Wildman–Crippen MR) is 67.1 cm³/mol. The first-order chi connectivity index (χ1) is 8.40. The molecule has 0 heterocycles. The van der Waals surface area contributed by atoms with Crippen molar-refractivity contribution in [1.29, 1.82) is 0 Å². The molecule has 0 aliphatic carbocycles. The van der Waals surface area contributed by atoms with Crippen LogP contribution in [0.15, 0.2) is 30.0 Å². The summed E-state index contributed by atoms with van der Waals surface area (Å²) in [6.45, 7) is 5.86. The van der Waals surface area contributed by atoms with Crippen LogP contribution in [-0.2, 0) is 0 Å². The fourth-order valence-electron chi connectivity index (χ4n) is 1.10. The Morgan fingerprint density at radius 2 is 2.00 bits per heavy atom. The number of carbonyl (C=O) groups is 1. The second-order valence-corrected chi connectivity index (χ2v) is 4.27. The van der Waals surface area contributed by atoms with Gasteiger partial charge in [0, 0.05) is 12.3 Å². The maximum Gasteiger partial charge on any atom is 0.323 e. The van der Waals surface area contributed by atoms with Gasteiger partial charge in [0.2, 0.25) is 0 Å². The van der Waals surface area contributed by atoms with Crippen molar-refractivity contribution >= 4 is 11.7 Å². The molecule has 1 rings (SSSR count). The third-order valence-corrected chi connectivity index (χ3v) is 2.52. The quantitative estimate of drug-likeness (QED) is 0.849. The summed E-state index contributed by atoms with van der Waals surface area (Å²) in [7, 11) is 0. The van der Waals surface area contributed by atoms with E-state index in [0.29, 0.717) is 12.0 Å². The van der Waals surface area contributed by atoms with Gasteiger partial charge >= 0.3 is 6.03 Å². The van der Waals surface area contributed by atoms with Gasteiger partial charge in [-0.05, 0) is 25.0 Å². The van der Waals surface area contributed by atoms with E-state index >= 15 is 0 Å². The summed E-state index contributed by atoms with van der Waals surface area (Å²) in [5.41, 5.74) is 0.925. The van der Waals surface area contributed by atoms with Crippen LogP contribution in [0.4, 0.5) is 19.3 Å². The van der Waals surface area contributed by atoms with Gasteiger partial charge in [0.25, 0.3) is 0 Å². The zero-order chi connectivity index (χ0) is 13.7. The molecule has 2 amide bonds. The smallest absolute Gasteiger partial charge is 0.314 e. The van der Waals surface area contributed by atoms with Gasteiger partial charge < -0.3 is 10.6 Å². The first kappa shape index (κ1) is 14.2. The van der Waals surface area contributed by atoms with Crippen molar-refractivity contribution in [2.45, 2.75) is 20.8 Å². The number of carbonyl (C=O) groups excluding carboxylic acids is 1. The van der Waals surface area contributed by atoms with Gasteiger partial charge in [-0.3, -0.25) is 0 Å². The third kappa shape index (κ3) is 4.16. The lowest BCUT2D eigenvalue weighted by Crippen LogP contribution is -2.25. The minimum absolute atomic E-state index is 0.0653. The van der Waals surface area contributed by atoms with E-state index in [2.05, 4.69) is 10.6 Å². The first-order valence-electron chi connectivity index (χ1n) is 5.59. The van der Waals surface area contributed by atoms with E-state index in [1.54, 1.807) is 6.20 Å². The van der Waals surface area contributed by atoms with E-state index in [1.807, 2.05) is 20.8 Å². The first-order valence-corrected chi connectivity index (χ1v) is 5.59. The number of nitrogens with one attached hydrogen (secondary N) is 2. The normalized spacial score (nSPS) is 11.6. The molecule has 0 aliphatic heterocycles. The summed E-state index contributed by atoms with van der Waals surface area (Å²) in [6.07, 6.45) is 1.56. The molecule has 98 valence electrons.